The molecule has 3 N–H and O–H groups in total. The van der Waals surface area contributed by atoms with Crippen molar-refractivity contribution in [2.45, 2.75) is 19.3 Å². The van der Waals surface area contributed by atoms with Crippen LogP contribution in [0.15, 0.2) is 52.2 Å². The molecule has 0 radical (unpaired) electrons. The van der Waals surface area contributed by atoms with Crippen molar-refractivity contribution in [3.8, 4) is 0 Å². The van der Waals surface area contributed by atoms with Crippen molar-refractivity contribution in [3.63, 3.8) is 0 Å². The lowest BCUT2D eigenvalue weighted by Gasteiger charge is -2.09. The third-order valence-electron chi connectivity index (χ3n) is 3.21. The second kappa shape index (κ2) is 7.70. The molecule has 106 valence electrons. The van der Waals surface area contributed by atoms with E-state index in [1.54, 1.807) is 11.3 Å². The molecule has 0 aliphatic carbocycles. The van der Waals surface area contributed by atoms with E-state index in [9.17, 15) is 0 Å². The van der Waals surface area contributed by atoms with Crippen LogP contribution in [-0.2, 0) is 6.42 Å². The maximum atomic E-state index is 5.88. The van der Waals surface area contributed by atoms with Gasteiger partial charge < -0.3 is 11.1 Å². The van der Waals surface area contributed by atoms with E-state index in [2.05, 4.69) is 58.3 Å². The molecule has 4 heteroatoms. The van der Waals surface area contributed by atoms with Crippen LogP contribution in [0, 0.1) is 0 Å². The largest absolute Gasteiger partial charge is 0.370 e. The van der Waals surface area contributed by atoms with E-state index in [-0.39, 0.29) is 0 Å². The molecule has 1 aromatic carbocycles. The first-order chi connectivity index (χ1) is 9.75. The Morgan fingerprint density at radius 1 is 1.30 bits per heavy atom. The molecule has 0 spiro atoms. The van der Waals surface area contributed by atoms with Gasteiger partial charge >= 0.3 is 0 Å². The number of hydrogen-bond donors (Lipinski definition) is 2. The monoisotopic (exact) mass is 287 g/mol. The minimum Gasteiger partial charge on any atom is -0.370 e. The Morgan fingerprint density at radius 3 is 2.80 bits per heavy atom. The number of thiophene rings is 1. The molecule has 0 amide bonds. The van der Waals surface area contributed by atoms with Crippen molar-refractivity contribution in [2.75, 3.05) is 13.1 Å². The van der Waals surface area contributed by atoms with Crippen molar-refractivity contribution in [3.05, 3.63) is 58.3 Å². The molecule has 3 nitrogen and oxygen atoms in total. The first-order valence-corrected chi connectivity index (χ1v) is 7.80. The topological polar surface area (TPSA) is 50.4 Å². The van der Waals surface area contributed by atoms with E-state index in [1.807, 2.05) is 6.07 Å². The van der Waals surface area contributed by atoms with Crippen LogP contribution in [-0.4, -0.2) is 19.0 Å². The summed E-state index contributed by atoms with van der Waals surface area (Å²) in [5.74, 6) is 0.943. The van der Waals surface area contributed by atoms with Gasteiger partial charge in [-0.1, -0.05) is 37.3 Å². The van der Waals surface area contributed by atoms with Crippen LogP contribution in [0.25, 0.3) is 0 Å². The average Bonchev–Trinajstić information content (AvgIpc) is 3.00. The second-order valence-electron chi connectivity index (χ2n) is 4.85. The average molecular weight is 287 g/mol. The summed E-state index contributed by atoms with van der Waals surface area (Å²) in [5, 5.41) is 7.42. The molecule has 2 rings (SSSR count). The number of hydrogen-bond acceptors (Lipinski definition) is 2. The van der Waals surface area contributed by atoms with Gasteiger partial charge in [-0.05, 0) is 34.4 Å². The van der Waals surface area contributed by atoms with Crippen LogP contribution in [0.4, 0.5) is 0 Å². The number of guanidine groups is 1. The van der Waals surface area contributed by atoms with E-state index in [0.717, 1.165) is 19.5 Å². The third-order valence-corrected chi connectivity index (χ3v) is 3.91. The van der Waals surface area contributed by atoms with Gasteiger partial charge in [-0.3, -0.25) is 4.99 Å². The maximum absolute atomic E-state index is 5.88. The number of aliphatic imine (C=N–C) groups is 1. The Hall–Kier alpha value is -1.81. The SMILES string of the molecule is CC(CN=C(N)NCCc1ccccc1)c1ccsc1. The summed E-state index contributed by atoms with van der Waals surface area (Å²) in [6.45, 7) is 3.70. The van der Waals surface area contributed by atoms with Crippen LogP contribution in [0.3, 0.4) is 0 Å². The normalized spacial score (nSPS) is 13.2. The highest BCUT2D eigenvalue weighted by Crippen LogP contribution is 2.17. The number of benzene rings is 1. The van der Waals surface area contributed by atoms with Crippen molar-refractivity contribution in [2.24, 2.45) is 10.7 Å². The summed E-state index contributed by atoms with van der Waals surface area (Å²) in [4.78, 5) is 4.40. The zero-order valence-electron chi connectivity index (χ0n) is 11.8. The summed E-state index contributed by atoms with van der Waals surface area (Å²) >= 11 is 1.72. The van der Waals surface area contributed by atoms with Crippen LogP contribution in [0.1, 0.15) is 24.0 Å². The molecule has 0 bridgehead atoms. The van der Waals surface area contributed by atoms with E-state index in [4.69, 9.17) is 5.73 Å². The number of rotatable bonds is 6. The molecule has 0 aliphatic heterocycles. The lowest BCUT2D eigenvalue weighted by Crippen LogP contribution is -2.33. The molecule has 20 heavy (non-hydrogen) atoms. The Kier molecular flexibility index (Phi) is 5.62. The highest BCUT2D eigenvalue weighted by molar-refractivity contribution is 7.07. The number of nitrogens with zero attached hydrogens (tertiary/aromatic N) is 1. The van der Waals surface area contributed by atoms with Crippen molar-refractivity contribution >= 4 is 17.3 Å². The van der Waals surface area contributed by atoms with Crippen molar-refractivity contribution in [1.29, 1.82) is 0 Å². The van der Waals surface area contributed by atoms with Crippen LogP contribution < -0.4 is 11.1 Å². The number of nitrogens with one attached hydrogen (secondary N) is 1. The summed E-state index contributed by atoms with van der Waals surface area (Å²) in [6.07, 6.45) is 0.956. The lowest BCUT2D eigenvalue weighted by atomic mass is 10.1. The molecule has 1 unspecified atom stereocenters. The van der Waals surface area contributed by atoms with Gasteiger partial charge in [0.05, 0.1) is 0 Å². The Labute approximate surface area is 124 Å². The van der Waals surface area contributed by atoms with Gasteiger partial charge in [0.25, 0.3) is 0 Å². The molecule has 2 aromatic rings. The fourth-order valence-corrected chi connectivity index (χ4v) is 2.71. The highest BCUT2D eigenvalue weighted by Gasteiger charge is 2.04. The summed E-state index contributed by atoms with van der Waals surface area (Å²) in [5.41, 5.74) is 8.52. The molecular formula is C16H21N3S. The predicted molar refractivity (Wildman–Crippen MR) is 87.4 cm³/mol. The zero-order chi connectivity index (χ0) is 14.2. The molecular weight excluding hydrogens is 266 g/mol. The minimum atomic E-state index is 0.413. The molecule has 0 saturated carbocycles. The van der Waals surface area contributed by atoms with Crippen LogP contribution in [0.5, 0.6) is 0 Å². The van der Waals surface area contributed by atoms with Gasteiger partial charge in [-0.2, -0.15) is 11.3 Å². The minimum absolute atomic E-state index is 0.413. The molecule has 1 atom stereocenters. The van der Waals surface area contributed by atoms with Gasteiger partial charge in [-0.15, -0.1) is 0 Å². The molecule has 1 aromatic heterocycles. The van der Waals surface area contributed by atoms with E-state index < -0.39 is 0 Å². The second-order valence-corrected chi connectivity index (χ2v) is 5.63. The standard InChI is InChI=1S/C16H21N3S/c1-13(15-8-10-20-12-15)11-19-16(17)18-9-7-14-5-3-2-4-6-14/h2-6,8,10,12-13H,7,9,11H2,1H3,(H3,17,18,19). The predicted octanol–water partition coefficient (Wildman–Crippen LogP) is 3.00. The maximum Gasteiger partial charge on any atom is 0.188 e. The smallest absolute Gasteiger partial charge is 0.188 e. The van der Waals surface area contributed by atoms with Crippen molar-refractivity contribution in [1.82, 2.24) is 5.32 Å². The van der Waals surface area contributed by atoms with Gasteiger partial charge in [0.15, 0.2) is 5.96 Å². The molecule has 0 fully saturated rings. The molecule has 1 heterocycles. The first-order valence-electron chi connectivity index (χ1n) is 6.85. The Bertz CT molecular complexity index is 520. The number of nitrogens with two attached hydrogens (primary N) is 1. The van der Waals surface area contributed by atoms with Gasteiger partial charge in [-0.25, -0.2) is 0 Å². The summed E-state index contributed by atoms with van der Waals surface area (Å²) < 4.78 is 0. The molecule has 0 aliphatic rings. The van der Waals surface area contributed by atoms with Gasteiger partial charge in [0.2, 0.25) is 0 Å². The lowest BCUT2D eigenvalue weighted by molar-refractivity contribution is 0.765. The Morgan fingerprint density at radius 2 is 2.10 bits per heavy atom. The van der Waals surface area contributed by atoms with E-state index >= 15 is 0 Å². The quantitative estimate of drug-likeness (QED) is 0.634. The highest BCUT2D eigenvalue weighted by atomic mass is 32.1. The van der Waals surface area contributed by atoms with Gasteiger partial charge in [0, 0.05) is 19.0 Å². The first kappa shape index (κ1) is 14.6. The summed E-state index contributed by atoms with van der Waals surface area (Å²) in [7, 11) is 0. The molecule has 0 saturated heterocycles. The Balaban J connectivity index is 1.71. The van der Waals surface area contributed by atoms with Crippen LogP contribution in [0.2, 0.25) is 0 Å². The third kappa shape index (κ3) is 4.70. The zero-order valence-corrected chi connectivity index (χ0v) is 12.6. The van der Waals surface area contributed by atoms with Gasteiger partial charge in [0.1, 0.15) is 0 Å². The van der Waals surface area contributed by atoms with E-state index in [1.165, 1.54) is 11.1 Å². The van der Waals surface area contributed by atoms with Crippen molar-refractivity contribution < 1.29 is 0 Å². The fraction of sp³-hybridized carbons (Fsp3) is 0.312. The van der Waals surface area contributed by atoms with E-state index in [0.29, 0.717) is 11.9 Å². The summed E-state index contributed by atoms with van der Waals surface area (Å²) in [6, 6.07) is 12.5. The van der Waals surface area contributed by atoms with Crippen LogP contribution >= 0.6 is 11.3 Å². The fourth-order valence-electron chi connectivity index (χ4n) is 1.93.